The van der Waals surface area contributed by atoms with Gasteiger partial charge in [-0.05, 0) is 42.0 Å². The third kappa shape index (κ3) is 5.52. The molecule has 0 aliphatic heterocycles. The van der Waals surface area contributed by atoms with Gasteiger partial charge in [0.1, 0.15) is 11.6 Å². The van der Waals surface area contributed by atoms with Gasteiger partial charge in [0.25, 0.3) is 11.6 Å². The second-order valence-corrected chi connectivity index (χ2v) is 6.33. The molecule has 3 aromatic carbocycles. The number of nitrogens with one attached hydrogen (secondary N) is 1. The smallest absolute Gasteiger partial charge is 0.269 e. The number of non-ortho nitro benzene ring substituents is 1. The van der Waals surface area contributed by atoms with Gasteiger partial charge < -0.3 is 10.1 Å². The molecule has 1 N–H and O–H groups in total. The number of carbonyl (C=O) groups excluding carboxylic acids is 1. The van der Waals surface area contributed by atoms with Crippen molar-refractivity contribution in [2.75, 3.05) is 11.9 Å². The Morgan fingerprint density at radius 3 is 2.45 bits per heavy atom. The van der Waals surface area contributed by atoms with Crippen LogP contribution in [0, 0.1) is 27.3 Å². The molecule has 0 spiro atoms. The molecule has 7 nitrogen and oxygen atoms in total. The van der Waals surface area contributed by atoms with Crippen LogP contribution in [0.3, 0.4) is 0 Å². The van der Waals surface area contributed by atoms with Crippen molar-refractivity contribution in [3.8, 4) is 11.8 Å². The van der Waals surface area contributed by atoms with Crippen LogP contribution in [0.4, 0.5) is 15.8 Å². The zero-order valence-electron chi connectivity index (χ0n) is 16.1. The van der Waals surface area contributed by atoms with Gasteiger partial charge in [-0.15, -0.1) is 0 Å². The molecule has 0 radical (unpaired) electrons. The van der Waals surface area contributed by atoms with E-state index in [0.29, 0.717) is 16.9 Å². The third-order valence-corrected chi connectivity index (χ3v) is 4.24. The molecule has 154 valence electrons. The maximum atomic E-state index is 13.7. The first-order chi connectivity index (χ1) is 15.0. The molecule has 3 rings (SSSR count). The normalized spacial score (nSPS) is 10.8. The van der Waals surface area contributed by atoms with E-state index in [0.717, 1.165) is 0 Å². The number of nitro benzene ring substituents is 1. The lowest BCUT2D eigenvalue weighted by molar-refractivity contribution is -0.384. The molecule has 0 fully saturated rings. The zero-order valence-corrected chi connectivity index (χ0v) is 16.1. The summed E-state index contributed by atoms with van der Waals surface area (Å²) in [5, 5.41) is 22.8. The monoisotopic (exact) mass is 417 g/mol. The van der Waals surface area contributed by atoms with Crippen molar-refractivity contribution in [1.29, 1.82) is 5.26 Å². The van der Waals surface area contributed by atoms with E-state index in [1.807, 2.05) is 0 Å². The molecule has 0 heterocycles. The molecule has 0 atom stereocenters. The summed E-state index contributed by atoms with van der Waals surface area (Å²) in [4.78, 5) is 22.4. The summed E-state index contributed by atoms with van der Waals surface area (Å²) in [6.45, 7) is -0.362. The van der Waals surface area contributed by atoms with Gasteiger partial charge in [0.2, 0.25) is 0 Å². The SMILES string of the molecule is N#CC(=Cc1ccccc1OCC(=O)Nc1ccccc1F)c1ccc([N+](=O)[O-])cc1. The van der Waals surface area contributed by atoms with E-state index in [9.17, 15) is 24.6 Å². The summed E-state index contributed by atoms with van der Waals surface area (Å²) in [6, 6.07) is 20.2. The Hall–Kier alpha value is -4.51. The average Bonchev–Trinajstić information content (AvgIpc) is 2.78. The summed E-state index contributed by atoms with van der Waals surface area (Å²) in [5.74, 6) is -0.749. The Labute approximate surface area is 177 Å². The summed E-state index contributed by atoms with van der Waals surface area (Å²) in [5.41, 5.74) is 1.28. The lowest BCUT2D eigenvalue weighted by Gasteiger charge is -2.10. The molecule has 8 heteroatoms. The number of carbonyl (C=O) groups is 1. The Kier molecular flexibility index (Phi) is 6.71. The van der Waals surface area contributed by atoms with E-state index in [4.69, 9.17) is 4.74 Å². The van der Waals surface area contributed by atoms with Gasteiger partial charge in [0.05, 0.1) is 22.3 Å². The molecular formula is C23H16FN3O4. The molecule has 0 unspecified atom stereocenters. The minimum absolute atomic E-state index is 0.0502. The zero-order chi connectivity index (χ0) is 22.2. The second kappa shape index (κ2) is 9.80. The lowest BCUT2D eigenvalue weighted by Crippen LogP contribution is -2.21. The van der Waals surface area contributed by atoms with Crippen molar-refractivity contribution in [1.82, 2.24) is 0 Å². The first kappa shape index (κ1) is 21.2. The van der Waals surface area contributed by atoms with E-state index < -0.39 is 16.6 Å². The van der Waals surface area contributed by atoms with Crippen molar-refractivity contribution in [3.05, 3.63) is 99.9 Å². The number of ether oxygens (including phenoxy) is 1. The highest BCUT2D eigenvalue weighted by molar-refractivity contribution is 5.93. The Bertz CT molecular complexity index is 1180. The number of rotatable bonds is 7. The first-order valence-corrected chi connectivity index (χ1v) is 9.11. The molecule has 0 aliphatic carbocycles. The highest BCUT2D eigenvalue weighted by atomic mass is 19.1. The highest BCUT2D eigenvalue weighted by Gasteiger charge is 2.11. The lowest BCUT2D eigenvalue weighted by atomic mass is 10.0. The largest absolute Gasteiger partial charge is 0.483 e. The van der Waals surface area contributed by atoms with Crippen LogP contribution in [0.1, 0.15) is 11.1 Å². The van der Waals surface area contributed by atoms with Gasteiger partial charge in [-0.2, -0.15) is 5.26 Å². The molecule has 1 amide bonds. The predicted molar refractivity (Wildman–Crippen MR) is 114 cm³/mol. The van der Waals surface area contributed by atoms with E-state index in [-0.39, 0.29) is 23.6 Å². The Morgan fingerprint density at radius 1 is 1.10 bits per heavy atom. The van der Waals surface area contributed by atoms with Crippen LogP contribution in [0.25, 0.3) is 11.6 Å². The number of halogens is 1. The third-order valence-electron chi connectivity index (χ3n) is 4.24. The van der Waals surface area contributed by atoms with Gasteiger partial charge in [-0.1, -0.05) is 30.3 Å². The van der Waals surface area contributed by atoms with Gasteiger partial charge >= 0.3 is 0 Å². The van der Waals surface area contributed by atoms with Crippen LogP contribution in [0.5, 0.6) is 5.75 Å². The number of amides is 1. The van der Waals surface area contributed by atoms with Crippen molar-refractivity contribution >= 4 is 28.9 Å². The van der Waals surface area contributed by atoms with E-state index in [1.165, 1.54) is 42.5 Å². The van der Waals surface area contributed by atoms with Crippen molar-refractivity contribution in [2.24, 2.45) is 0 Å². The molecular weight excluding hydrogens is 401 g/mol. The molecule has 0 saturated carbocycles. The molecule has 0 bridgehead atoms. The van der Waals surface area contributed by atoms with Crippen LogP contribution in [-0.4, -0.2) is 17.4 Å². The average molecular weight is 417 g/mol. The number of nitriles is 1. The number of hydrogen-bond acceptors (Lipinski definition) is 5. The molecule has 3 aromatic rings. The van der Waals surface area contributed by atoms with Crippen LogP contribution >= 0.6 is 0 Å². The van der Waals surface area contributed by atoms with Gasteiger partial charge in [0.15, 0.2) is 6.61 Å². The fourth-order valence-electron chi connectivity index (χ4n) is 2.72. The van der Waals surface area contributed by atoms with Gasteiger partial charge in [-0.25, -0.2) is 4.39 Å². The van der Waals surface area contributed by atoms with Gasteiger partial charge in [0, 0.05) is 17.7 Å². The summed E-state index contributed by atoms with van der Waals surface area (Å²) in [7, 11) is 0. The number of anilines is 1. The van der Waals surface area contributed by atoms with Crippen LogP contribution in [0.2, 0.25) is 0 Å². The standard InChI is InChI=1S/C23H16FN3O4/c24-20-6-2-3-7-21(20)26-23(28)15-31-22-8-4-1-5-17(22)13-18(14-25)16-9-11-19(12-10-16)27(29)30/h1-13H,15H2,(H,26,28). The quantitative estimate of drug-likeness (QED) is 0.257. The van der Waals surface area contributed by atoms with Gasteiger partial charge in [-0.3, -0.25) is 14.9 Å². The van der Waals surface area contributed by atoms with Crippen molar-refractivity contribution < 1.29 is 18.8 Å². The van der Waals surface area contributed by atoms with Crippen molar-refractivity contribution in [3.63, 3.8) is 0 Å². The summed E-state index contributed by atoms with van der Waals surface area (Å²) in [6.07, 6.45) is 1.56. The highest BCUT2D eigenvalue weighted by Crippen LogP contribution is 2.26. The fraction of sp³-hybridized carbons (Fsp3) is 0.0435. The fourth-order valence-corrected chi connectivity index (χ4v) is 2.72. The molecule has 31 heavy (non-hydrogen) atoms. The van der Waals surface area contributed by atoms with Crippen LogP contribution < -0.4 is 10.1 Å². The topological polar surface area (TPSA) is 105 Å². The van der Waals surface area contributed by atoms with E-state index >= 15 is 0 Å². The number of hydrogen-bond donors (Lipinski definition) is 1. The predicted octanol–water partition coefficient (Wildman–Crippen LogP) is 4.82. The Balaban J connectivity index is 1.76. The number of benzene rings is 3. The number of nitrogens with zero attached hydrogens (tertiary/aromatic N) is 2. The summed E-state index contributed by atoms with van der Waals surface area (Å²) < 4.78 is 19.2. The maximum Gasteiger partial charge on any atom is 0.269 e. The minimum atomic E-state index is -0.555. The van der Waals surface area contributed by atoms with E-state index in [1.54, 1.807) is 36.4 Å². The van der Waals surface area contributed by atoms with Crippen LogP contribution in [0.15, 0.2) is 72.8 Å². The number of para-hydroxylation sites is 2. The van der Waals surface area contributed by atoms with Crippen molar-refractivity contribution in [2.45, 2.75) is 0 Å². The second-order valence-electron chi connectivity index (χ2n) is 6.33. The first-order valence-electron chi connectivity index (χ1n) is 9.11. The van der Waals surface area contributed by atoms with Crippen LogP contribution in [-0.2, 0) is 4.79 Å². The molecule has 0 aromatic heterocycles. The number of nitro groups is 1. The minimum Gasteiger partial charge on any atom is -0.483 e. The molecule has 0 saturated heterocycles. The number of allylic oxidation sites excluding steroid dienone is 1. The molecule has 0 aliphatic rings. The maximum absolute atomic E-state index is 13.7. The Morgan fingerprint density at radius 2 is 1.77 bits per heavy atom. The summed E-state index contributed by atoms with van der Waals surface area (Å²) >= 11 is 0. The van der Waals surface area contributed by atoms with E-state index in [2.05, 4.69) is 11.4 Å².